The zero-order chi connectivity index (χ0) is 15.2. The third-order valence-corrected chi connectivity index (χ3v) is 3.43. The number of anilines is 1. The molecule has 0 bridgehead atoms. The Morgan fingerprint density at radius 1 is 0.818 bits per heavy atom. The first-order chi connectivity index (χ1) is 10.8. The second kappa shape index (κ2) is 6.72. The van der Waals surface area contributed by atoms with E-state index in [-0.39, 0.29) is 5.91 Å². The first kappa shape index (κ1) is 14.1. The molecule has 0 heterocycles. The number of hydrogen-bond acceptors (Lipinski definition) is 1. The number of carbonyl (C=O) groups excluding carboxylic acids is 1. The van der Waals surface area contributed by atoms with Gasteiger partial charge in [0.15, 0.2) is 0 Å². The molecular weight excluding hydrogens is 270 g/mol. The molecule has 3 aromatic rings. The first-order valence-corrected chi connectivity index (χ1v) is 7.21. The van der Waals surface area contributed by atoms with E-state index in [0.29, 0.717) is 6.42 Å². The summed E-state index contributed by atoms with van der Waals surface area (Å²) in [4.78, 5) is 12.0. The third-order valence-electron chi connectivity index (χ3n) is 3.43. The molecule has 0 aromatic heterocycles. The van der Waals surface area contributed by atoms with E-state index in [1.165, 1.54) is 5.56 Å². The van der Waals surface area contributed by atoms with Crippen molar-refractivity contribution in [3.8, 4) is 11.1 Å². The van der Waals surface area contributed by atoms with Crippen molar-refractivity contribution >= 4 is 11.6 Å². The van der Waals surface area contributed by atoms with E-state index in [9.17, 15) is 4.79 Å². The van der Waals surface area contributed by atoms with Crippen molar-refractivity contribution in [1.82, 2.24) is 0 Å². The van der Waals surface area contributed by atoms with E-state index in [4.69, 9.17) is 0 Å². The van der Waals surface area contributed by atoms with E-state index >= 15 is 0 Å². The van der Waals surface area contributed by atoms with Crippen LogP contribution in [0.1, 0.15) is 5.56 Å². The SMILES string of the molecule is O=C(Cc1ccc(-c2ccccc2)cc1)Nc1cc[c]cc1. The summed E-state index contributed by atoms with van der Waals surface area (Å²) < 4.78 is 0. The van der Waals surface area contributed by atoms with Crippen LogP contribution in [0.3, 0.4) is 0 Å². The molecule has 1 radical (unpaired) electrons. The summed E-state index contributed by atoms with van der Waals surface area (Å²) in [6, 6.07) is 28.5. The fourth-order valence-electron chi connectivity index (χ4n) is 2.31. The highest BCUT2D eigenvalue weighted by Crippen LogP contribution is 2.19. The van der Waals surface area contributed by atoms with Crippen molar-refractivity contribution in [2.24, 2.45) is 0 Å². The van der Waals surface area contributed by atoms with Gasteiger partial charge in [0.25, 0.3) is 0 Å². The number of amides is 1. The Kier molecular flexibility index (Phi) is 4.30. The molecule has 0 saturated heterocycles. The maximum absolute atomic E-state index is 12.0. The Morgan fingerprint density at radius 3 is 2.14 bits per heavy atom. The minimum absolute atomic E-state index is 0.0151. The second-order valence-electron chi connectivity index (χ2n) is 5.08. The van der Waals surface area contributed by atoms with Crippen molar-refractivity contribution in [1.29, 1.82) is 0 Å². The Labute approximate surface area is 130 Å². The van der Waals surface area contributed by atoms with Gasteiger partial charge < -0.3 is 5.32 Å². The minimum Gasteiger partial charge on any atom is -0.326 e. The third kappa shape index (κ3) is 3.61. The maximum atomic E-state index is 12.0. The molecule has 2 nitrogen and oxygen atoms in total. The number of nitrogens with one attached hydrogen (secondary N) is 1. The van der Waals surface area contributed by atoms with Crippen LogP contribution in [0.2, 0.25) is 0 Å². The molecule has 0 fully saturated rings. The highest BCUT2D eigenvalue weighted by Gasteiger charge is 2.04. The Hall–Kier alpha value is -2.87. The fraction of sp³-hybridized carbons (Fsp3) is 0.0500. The van der Waals surface area contributed by atoms with Gasteiger partial charge in [-0.3, -0.25) is 4.79 Å². The van der Waals surface area contributed by atoms with E-state index in [0.717, 1.165) is 16.8 Å². The molecular formula is C20H16NO. The predicted molar refractivity (Wildman–Crippen MR) is 89.5 cm³/mol. The molecule has 3 rings (SSSR count). The molecule has 2 heteroatoms. The average Bonchev–Trinajstić information content (AvgIpc) is 2.57. The summed E-state index contributed by atoms with van der Waals surface area (Å²) in [5, 5.41) is 2.88. The van der Waals surface area contributed by atoms with Gasteiger partial charge in [-0.05, 0) is 34.9 Å². The summed E-state index contributed by atoms with van der Waals surface area (Å²) in [7, 11) is 0. The van der Waals surface area contributed by atoms with Crippen molar-refractivity contribution in [3.05, 3.63) is 90.5 Å². The summed E-state index contributed by atoms with van der Waals surface area (Å²) in [6.07, 6.45) is 0.369. The topological polar surface area (TPSA) is 29.1 Å². The molecule has 22 heavy (non-hydrogen) atoms. The molecule has 0 aliphatic carbocycles. The lowest BCUT2D eigenvalue weighted by Gasteiger charge is -2.06. The molecule has 1 amide bonds. The lowest BCUT2D eigenvalue weighted by Crippen LogP contribution is -2.14. The van der Waals surface area contributed by atoms with Crippen LogP contribution in [0.4, 0.5) is 5.69 Å². The van der Waals surface area contributed by atoms with Crippen molar-refractivity contribution < 1.29 is 4.79 Å². The number of rotatable bonds is 4. The van der Waals surface area contributed by atoms with E-state index in [2.05, 4.69) is 35.6 Å². The van der Waals surface area contributed by atoms with Gasteiger partial charge in [0.1, 0.15) is 0 Å². The smallest absolute Gasteiger partial charge is 0.228 e. The molecule has 1 N–H and O–H groups in total. The summed E-state index contributed by atoms with van der Waals surface area (Å²) in [5.41, 5.74) is 4.13. The Balaban J connectivity index is 1.65. The van der Waals surface area contributed by atoms with Gasteiger partial charge in [0.2, 0.25) is 5.91 Å². The normalized spacial score (nSPS) is 10.2. The van der Waals surface area contributed by atoms with Crippen LogP contribution < -0.4 is 5.32 Å². The van der Waals surface area contributed by atoms with E-state index < -0.39 is 0 Å². The lowest BCUT2D eigenvalue weighted by atomic mass is 10.0. The molecule has 0 saturated carbocycles. The van der Waals surface area contributed by atoms with Crippen LogP contribution in [0.15, 0.2) is 78.9 Å². The standard InChI is InChI=1S/C20H16NO/c22-20(21-19-9-5-2-6-10-19)15-16-11-13-18(14-12-16)17-7-3-1-4-8-17/h1,3-14H,15H2,(H,21,22). The second-order valence-corrected chi connectivity index (χ2v) is 5.08. The molecule has 107 valence electrons. The molecule has 3 aromatic carbocycles. The molecule has 0 aliphatic heterocycles. The number of hydrogen-bond donors (Lipinski definition) is 1. The molecule has 0 atom stereocenters. The van der Waals surface area contributed by atoms with Gasteiger partial charge in [-0.15, -0.1) is 0 Å². The predicted octanol–water partition coefficient (Wildman–Crippen LogP) is 4.33. The fourth-order valence-corrected chi connectivity index (χ4v) is 2.31. The van der Waals surface area contributed by atoms with Crippen molar-refractivity contribution in [2.75, 3.05) is 5.32 Å². The minimum atomic E-state index is -0.0151. The lowest BCUT2D eigenvalue weighted by molar-refractivity contribution is -0.115. The Bertz CT molecular complexity index is 734. The molecule has 0 aliphatic rings. The van der Waals surface area contributed by atoms with Crippen LogP contribution in [0, 0.1) is 6.07 Å². The summed E-state index contributed by atoms with van der Waals surface area (Å²) >= 11 is 0. The largest absolute Gasteiger partial charge is 0.326 e. The quantitative estimate of drug-likeness (QED) is 0.759. The first-order valence-electron chi connectivity index (χ1n) is 7.21. The molecule has 0 spiro atoms. The summed E-state index contributed by atoms with van der Waals surface area (Å²) in [6.45, 7) is 0. The van der Waals surface area contributed by atoms with Gasteiger partial charge in [0.05, 0.1) is 6.42 Å². The van der Waals surface area contributed by atoms with E-state index in [1.807, 2.05) is 42.5 Å². The zero-order valence-electron chi connectivity index (χ0n) is 12.1. The van der Waals surface area contributed by atoms with Gasteiger partial charge in [-0.2, -0.15) is 0 Å². The highest BCUT2D eigenvalue weighted by molar-refractivity contribution is 5.92. The van der Waals surface area contributed by atoms with Crippen molar-refractivity contribution in [3.63, 3.8) is 0 Å². The number of benzene rings is 3. The van der Waals surface area contributed by atoms with Crippen LogP contribution in [-0.2, 0) is 11.2 Å². The van der Waals surface area contributed by atoms with Crippen LogP contribution in [0.5, 0.6) is 0 Å². The van der Waals surface area contributed by atoms with Crippen molar-refractivity contribution in [2.45, 2.75) is 6.42 Å². The van der Waals surface area contributed by atoms with Crippen LogP contribution in [-0.4, -0.2) is 5.91 Å². The maximum Gasteiger partial charge on any atom is 0.228 e. The summed E-state index contributed by atoms with van der Waals surface area (Å²) in [5.74, 6) is -0.0151. The average molecular weight is 286 g/mol. The number of carbonyl (C=O) groups is 1. The Morgan fingerprint density at radius 2 is 1.45 bits per heavy atom. The highest BCUT2D eigenvalue weighted by atomic mass is 16.1. The van der Waals surface area contributed by atoms with Crippen LogP contribution >= 0.6 is 0 Å². The monoisotopic (exact) mass is 286 g/mol. The zero-order valence-corrected chi connectivity index (χ0v) is 12.1. The van der Waals surface area contributed by atoms with Gasteiger partial charge in [-0.25, -0.2) is 0 Å². The van der Waals surface area contributed by atoms with E-state index in [1.54, 1.807) is 12.1 Å². The van der Waals surface area contributed by atoms with Gasteiger partial charge in [-0.1, -0.05) is 66.7 Å². The van der Waals surface area contributed by atoms with Crippen LogP contribution in [0.25, 0.3) is 11.1 Å². The van der Waals surface area contributed by atoms with Gasteiger partial charge >= 0.3 is 0 Å². The molecule has 0 unspecified atom stereocenters. The van der Waals surface area contributed by atoms with Gasteiger partial charge in [0, 0.05) is 5.69 Å².